The largest absolute Gasteiger partial charge is 0.494 e. The van der Waals surface area contributed by atoms with Crippen molar-refractivity contribution in [1.82, 2.24) is 0 Å². The summed E-state index contributed by atoms with van der Waals surface area (Å²) in [5, 5.41) is 3.18. The SMILES string of the molecule is CCOc1ccc(NCOc2ccccc2)cc1. The zero-order valence-electron chi connectivity index (χ0n) is 10.4. The first-order chi connectivity index (χ1) is 8.88. The molecule has 1 N–H and O–H groups in total. The van der Waals surface area contributed by atoms with Crippen molar-refractivity contribution in [2.24, 2.45) is 0 Å². The summed E-state index contributed by atoms with van der Waals surface area (Å²) in [5.41, 5.74) is 1.01. The van der Waals surface area contributed by atoms with Crippen LogP contribution in [0.4, 0.5) is 5.69 Å². The summed E-state index contributed by atoms with van der Waals surface area (Å²) in [6.45, 7) is 3.10. The summed E-state index contributed by atoms with van der Waals surface area (Å²) in [5.74, 6) is 1.74. The van der Waals surface area contributed by atoms with E-state index in [0.29, 0.717) is 13.3 Å². The molecule has 0 amide bonds. The van der Waals surface area contributed by atoms with E-state index in [1.165, 1.54) is 0 Å². The molecule has 3 nitrogen and oxygen atoms in total. The smallest absolute Gasteiger partial charge is 0.159 e. The summed E-state index contributed by atoms with van der Waals surface area (Å²) >= 11 is 0. The molecule has 2 aromatic carbocycles. The highest BCUT2D eigenvalue weighted by molar-refractivity contribution is 5.46. The predicted octanol–water partition coefficient (Wildman–Crippen LogP) is 3.53. The zero-order valence-corrected chi connectivity index (χ0v) is 10.4. The maximum atomic E-state index is 5.55. The molecular formula is C15H17NO2. The van der Waals surface area contributed by atoms with Crippen molar-refractivity contribution in [3.63, 3.8) is 0 Å². The van der Waals surface area contributed by atoms with Gasteiger partial charge in [-0.1, -0.05) is 18.2 Å². The highest BCUT2D eigenvalue weighted by Gasteiger charge is 1.95. The van der Waals surface area contributed by atoms with E-state index in [4.69, 9.17) is 9.47 Å². The molecule has 0 radical (unpaired) electrons. The highest BCUT2D eigenvalue weighted by atomic mass is 16.5. The third-order valence-corrected chi connectivity index (χ3v) is 2.42. The van der Waals surface area contributed by atoms with Gasteiger partial charge in [-0.3, -0.25) is 0 Å². The third kappa shape index (κ3) is 3.70. The number of ether oxygens (including phenoxy) is 2. The van der Waals surface area contributed by atoms with Crippen LogP contribution in [-0.4, -0.2) is 13.3 Å². The van der Waals surface area contributed by atoms with E-state index >= 15 is 0 Å². The van der Waals surface area contributed by atoms with Crippen LogP contribution in [0.25, 0.3) is 0 Å². The fourth-order valence-corrected chi connectivity index (χ4v) is 1.56. The molecule has 2 rings (SSSR count). The molecule has 3 heteroatoms. The van der Waals surface area contributed by atoms with Gasteiger partial charge in [0.15, 0.2) is 6.73 Å². The molecule has 0 unspecified atom stereocenters. The standard InChI is InChI=1S/C15H17NO2/c1-2-17-15-10-8-13(9-11-15)16-12-18-14-6-4-3-5-7-14/h3-11,16H,2,12H2,1H3. The summed E-state index contributed by atoms with van der Waals surface area (Å²) in [4.78, 5) is 0. The number of rotatable bonds is 6. The molecule has 0 atom stereocenters. The molecule has 18 heavy (non-hydrogen) atoms. The lowest BCUT2D eigenvalue weighted by Crippen LogP contribution is -2.08. The van der Waals surface area contributed by atoms with Gasteiger partial charge in [0, 0.05) is 5.69 Å². The summed E-state index contributed by atoms with van der Waals surface area (Å²) < 4.78 is 10.9. The second kappa shape index (κ2) is 6.55. The molecule has 0 aromatic heterocycles. The summed E-state index contributed by atoms with van der Waals surface area (Å²) in [7, 11) is 0. The Morgan fingerprint density at radius 3 is 2.17 bits per heavy atom. The van der Waals surface area contributed by atoms with Crippen molar-refractivity contribution >= 4 is 5.69 Å². The molecule has 0 fully saturated rings. The van der Waals surface area contributed by atoms with Gasteiger partial charge >= 0.3 is 0 Å². The Hall–Kier alpha value is -2.16. The number of hydrogen-bond donors (Lipinski definition) is 1. The van der Waals surface area contributed by atoms with Crippen LogP contribution in [0.15, 0.2) is 54.6 Å². The molecule has 0 aliphatic carbocycles. The van der Waals surface area contributed by atoms with Gasteiger partial charge in [-0.05, 0) is 43.3 Å². The Morgan fingerprint density at radius 1 is 0.833 bits per heavy atom. The Morgan fingerprint density at radius 2 is 1.50 bits per heavy atom. The van der Waals surface area contributed by atoms with Crippen LogP contribution in [-0.2, 0) is 0 Å². The maximum absolute atomic E-state index is 5.55. The Kier molecular flexibility index (Phi) is 4.47. The molecular weight excluding hydrogens is 226 g/mol. The second-order valence-electron chi connectivity index (χ2n) is 3.74. The molecule has 0 aliphatic rings. The lowest BCUT2D eigenvalue weighted by molar-refractivity contribution is 0.339. The quantitative estimate of drug-likeness (QED) is 0.787. The predicted molar refractivity (Wildman–Crippen MR) is 73.2 cm³/mol. The lowest BCUT2D eigenvalue weighted by atomic mass is 10.3. The minimum atomic E-state index is 0.442. The normalized spacial score (nSPS) is 9.83. The van der Waals surface area contributed by atoms with Crippen molar-refractivity contribution in [3.8, 4) is 11.5 Å². The van der Waals surface area contributed by atoms with Gasteiger partial charge in [0.25, 0.3) is 0 Å². The Labute approximate surface area is 107 Å². The molecule has 0 spiro atoms. The monoisotopic (exact) mass is 243 g/mol. The van der Waals surface area contributed by atoms with Gasteiger partial charge in [0.1, 0.15) is 11.5 Å². The first-order valence-corrected chi connectivity index (χ1v) is 6.03. The van der Waals surface area contributed by atoms with Gasteiger partial charge < -0.3 is 14.8 Å². The molecule has 0 bridgehead atoms. The van der Waals surface area contributed by atoms with E-state index in [1.54, 1.807) is 0 Å². The van der Waals surface area contributed by atoms with Crippen LogP contribution in [0.5, 0.6) is 11.5 Å². The van der Waals surface area contributed by atoms with Crippen molar-refractivity contribution in [2.45, 2.75) is 6.92 Å². The van der Waals surface area contributed by atoms with Crippen LogP contribution in [0.3, 0.4) is 0 Å². The molecule has 0 aliphatic heterocycles. The fourth-order valence-electron chi connectivity index (χ4n) is 1.56. The Bertz CT molecular complexity index is 454. The van der Waals surface area contributed by atoms with E-state index in [0.717, 1.165) is 17.2 Å². The second-order valence-corrected chi connectivity index (χ2v) is 3.74. The van der Waals surface area contributed by atoms with E-state index in [1.807, 2.05) is 61.5 Å². The van der Waals surface area contributed by atoms with Crippen LogP contribution in [0.2, 0.25) is 0 Å². The average molecular weight is 243 g/mol. The lowest BCUT2D eigenvalue weighted by Gasteiger charge is -2.09. The number of para-hydroxylation sites is 1. The molecule has 2 aromatic rings. The zero-order chi connectivity index (χ0) is 12.6. The van der Waals surface area contributed by atoms with Crippen LogP contribution < -0.4 is 14.8 Å². The molecule has 0 saturated carbocycles. The summed E-state index contributed by atoms with van der Waals surface area (Å²) in [6.07, 6.45) is 0. The van der Waals surface area contributed by atoms with Crippen LogP contribution in [0.1, 0.15) is 6.92 Å². The van der Waals surface area contributed by atoms with Crippen molar-refractivity contribution in [1.29, 1.82) is 0 Å². The van der Waals surface area contributed by atoms with E-state index < -0.39 is 0 Å². The minimum Gasteiger partial charge on any atom is -0.494 e. The Balaban J connectivity index is 1.80. The minimum absolute atomic E-state index is 0.442. The van der Waals surface area contributed by atoms with Gasteiger partial charge in [0.2, 0.25) is 0 Å². The topological polar surface area (TPSA) is 30.5 Å². The van der Waals surface area contributed by atoms with Gasteiger partial charge in [-0.2, -0.15) is 0 Å². The first kappa shape index (κ1) is 12.3. The summed E-state index contributed by atoms with van der Waals surface area (Å²) in [6, 6.07) is 17.5. The first-order valence-electron chi connectivity index (χ1n) is 6.03. The number of nitrogens with one attached hydrogen (secondary N) is 1. The fraction of sp³-hybridized carbons (Fsp3) is 0.200. The van der Waals surface area contributed by atoms with Gasteiger partial charge in [0.05, 0.1) is 6.61 Å². The number of anilines is 1. The van der Waals surface area contributed by atoms with Crippen molar-refractivity contribution in [2.75, 3.05) is 18.7 Å². The molecule has 0 saturated heterocycles. The maximum Gasteiger partial charge on any atom is 0.159 e. The van der Waals surface area contributed by atoms with Gasteiger partial charge in [-0.15, -0.1) is 0 Å². The van der Waals surface area contributed by atoms with E-state index in [9.17, 15) is 0 Å². The number of hydrogen-bond acceptors (Lipinski definition) is 3. The van der Waals surface area contributed by atoms with Crippen molar-refractivity contribution < 1.29 is 9.47 Å². The van der Waals surface area contributed by atoms with Crippen LogP contribution in [0, 0.1) is 0 Å². The number of benzene rings is 2. The third-order valence-electron chi connectivity index (χ3n) is 2.42. The van der Waals surface area contributed by atoms with Crippen LogP contribution >= 0.6 is 0 Å². The van der Waals surface area contributed by atoms with Gasteiger partial charge in [-0.25, -0.2) is 0 Å². The van der Waals surface area contributed by atoms with E-state index in [-0.39, 0.29) is 0 Å². The molecule has 94 valence electrons. The van der Waals surface area contributed by atoms with Crippen molar-refractivity contribution in [3.05, 3.63) is 54.6 Å². The highest BCUT2D eigenvalue weighted by Crippen LogP contribution is 2.15. The van der Waals surface area contributed by atoms with E-state index in [2.05, 4.69) is 5.32 Å². The average Bonchev–Trinajstić information content (AvgIpc) is 2.42. The molecule has 0 heterocycles.